The maximum absolute atomic E-state index is 13.3. The number of aromatic hydroxyl groups is 1. The van der Waals surface area contributed by atoms with Crippen molar-refractivity contribution in [2.24, 2.45) is 23.7 Å². The van der Waals surface area contributed by atoms with Crippen LogP contribution in [-0.4, -0.2) is 131 Å². The van der Waals surface area contributed by atoms with Crippen LogP contribution in [0.25, 0.3) is 11.3 Å². The summed E-state index contributed by atoms with van der Waals surface area (Å²) in [6, 6.07) is 14.2. The van der Waals surface area contributed by atoms with E-state index >= 15 is 0 Å². The summed E-state index contributed by atoms with van der Waals surface area (Å²) in [6.45, 7) is 10.4. The number of likely N-dealkylation sites (tertiary alicyclic amines) is 1. The molecule has 6 aliphatic heterocycles. The van der Waals surface area contributed by atoms with Gasteiger partial charge in [-0.2, -0.15) is 0 Å². The molecular weight excluding hydrogens is 686 g/mol. The van der Waals surface area contributed by atoms with Crippen LogP contribution in [0.1, 0.15) is 46.4 Å². The van der Waals surface area contributed by atoms with Gasteiger partial charge in [0.25, 0.3) is 11.8 Å². The predicted octanol–water partition coefficient (Wildman–Crippen LogP) is 2.26. The lowest BCUT2D eigenvalue weighted by Crippen LogP contribution is -2.58. The van der Waals surface area contributed by atoms with Gasteiger partial charge in [-0.1, -0.05) is 12.1 Å². The minimum Gasteiger partial charge on any atom is -0.507 e. The normalized spacial score (nSPS) is 28.4. The molecule has 280 valence electrons. The zero-order chi connectivity index (χ0) is 36.7. The topological polar surface area (TPSA) is 155 Å². The molecule has 1 aliphatic carbocycles. The fourth-order valence-electron chi connectivity index (χ4n) is 10.2. The number of nitrogens with zero attached hydrogens (tertiary/aromatic N) is 7. The summed E-state index contributed by atoms with van der Waals surface area (Å²) in [5.41, 5.74) is 4.06. The minimum absolute atomic E-state index is 0.109. The molecule has 1 aromatic heterocycles. The highest BCUT2D eigenvalue weighted by molar-refractivity contribution is 6.23. The number of aromatic nitrogens is 2. The van der Waals surface area contributed by atoms with E-state index in [9.17, 15) is 24.3 Å². The van der Waals surface area contributed by atoms with Gasteiger partial charge in [0.2, 0.25) is 11.8 Å². The van der Waals surface area contributed by atoms with E-state index < -0.39 is 23.8 Å². The maximum Gasteiger partial charge on any atom is 0.262 e. The lowest BCUT2D eigenvalue weighted by molar-refractivity contribution is -0.136. The number of nitrogens with one attached hydrogen (secondary N) is 2. The number of fused-ring (bicyclic) bond motifs is 5. The quantitative estimate of drug-likeness (QED) is 0.306. The number of piperidine rings is 3. The van der Waals surface area contributed by atoms with E-state index in [-0.39, 0.29) is 24.5 Å². The Morgan fingerprint density at radius 3 is 2.37 bits per heavy atom. The van der Waals surface area contributed by atoms with Gasteiger partial charge in [0, 0.05) is 83.1 Å². The fraction of sp³-hybridized carbons (Fsp3) is 0.500. The molecular formula is C40H45N9O5. The Morgan fingerprint density at radius 2 is 1.57 bits per heavy atom. The highest BCUT2D eigenvalue weighted by Crippen LogP contribution is 2.52. The molecule has 3 N–H and O–H groups in total. The summed E-state index contributed by atoms with van der Waals surface area (Å²) < 4.78 is 0. The van der Waals surface area contributed by atoms with E-state index in [4.69, 9.17) is 0 Å². The van der Waals surface area contributed by atoms with Crippen molar-refractivity contribution in [2.75, 3.05) is 80.6 Å². The number of anilines is 3. The lowest BCUT2D eigenvalue weighted by atomic mass is 9.95. The van der Waals surface area contributed by atoms with Gasteiger partial charge in [-0.25, -0.2) is 0 Å². The number of hydrogen-bond acceptors (Lipinski definition) is 12. The van der Waals surface area contributed by atoms with Crippen LogP contribution < -0.4 is 20.4 Å². The Morgan fingerprint density at radius 1 is 0.778 bits per heavy atom. The Kier molecular flexibility index (Phi) is 8.09. The molecule has 5 fully saturated rings. The van der Waals surface area contributed by atoms with Crippen molar-refractivity contribution in [3.63, 3.8) is 0 Å². The molecule has 14 nitrogen and oxygen atoms in total. The summed E-state index contributed by atoms with van der Waals surface area (Å²) in [5.74, 6) is 2.18. The van der Waals surface area contributed by atoms with Crippen LogP contribution in [0.5, 0.6) is 5.75 Å². The van der Waals surface area contributed by atoms with Gasteiger partial charge in [0.15, 0.2) is 5.82 Å². The minimum atomic E-state index is -0.950. The monoisotopic (exact) mass is 731 g/mol. The molecule has 54 heavy (non-hydrogen) atoms. The van der Waals surface area contributed by atoms with Crippen LogP contribution in [0.15, 0.2) is 48.5 Å². The molecule has 5 atom stereocenters. The predicted molar refractivity (Wildman–Crippen MR) is 200 cm³/mol. The largest absolute Gasteiger partial charge is 0.507 e. The van der Waals surface area contributed by atoms with Gasteiger partial charge >= 0.3 is 0 Å². The molecule has 0 bridgehead atoms. The molecule has 14 heteroatoms. The van der Waals surface area contributed by atoms with Crippen LogP contribution >= 0.6 is 0 Å². The number of carbonyl (C=O) groups is 4. The van der Waals surface area contributed by atoms with Crippen molar-refractivity contribution in [1.82, 2.24) is 30.2 Å². The summed E-state index contributed by atoms with van der Waals surface area (Å²) in [7, 11) is 0. The van der Waals surface area contributed by atoms with Gasteiger partial charge in [0.1, 0.15) is 11.8 Å². The maximum atomic E-state index is 13.3. The average Bonchev–Trinajstić information content (AvgIpc) is 3.49. The molecule has 10 rings (SSSR count). The van der Waals surface area contributed by atoms with Crippen LogP contribution in [0.4, 0.5) is 17.2 Å². The van der Waals surface area contributed by atoms with Crippen molar-refractivity contribution < 1.29 is 24.3 Å². The number of amides is 4. The van der Waals surface area contributed by atoms with E-state index in [0.717, 1.165) is 98.5 Å². The fourth-order valence-corrected chi connectivity index (χ4v) is 10.2. The number of phenols is 1. The highest BCUT2D eigenvalue weighted by Gasteiger charge is 2.56. The van der Waals surface area contributed by atoms with E-state index in [0.29, 0.717) is 34.3 Å². The Hall–Kier alpha value is -5.08. The second-order valence-electron chi connectivity index (χ2n) is 16.3. The van der Waals surface area contributed by atoms with Crippen molar-refractivity contribution >= 4 is 40.8 Å². The summed E-state index contributed by atoms with van der Waals surface area (Å²) in [5, 5.41) is 25.0. The third kappa shape index (κ3) is 5.77. The standard InChI is InChI=1S/C40H45N9O5/c50-35-4-2-1-3-27(35)32-16-34-37(44-43-32)41-17-25-19-45(13-14-48(25)34)20-29-30-21-46(22-31(29)30)18-23-9-11-47(12-10-23)24-5-6-26-28(15-24)40(54)49(39(26)53)33-7-8-36(51)42-38(33)52/h1-6,15-16,23,25,29-31,33,50H,7-14,17-22H2,(H,41,44)(H,42,51,52)/t25-,29?,30-,31+,33?/m0/s1. The number of carbonyl (C=O) groups excluding carboxylic acids is 4. The van der Waals surface area contributed by atoms with Gasteiger partial charge < -0.3 is 25.1 Å². The molecule has 1 saturated carbocycles. The molecule has 0 spiro atoms. The Labute approximate surface area is 313 Å². The van der Waals surface area contributed by atoms with Crippen LogP contribution in [0, 0.1) is 23.7 Å². The number of hydrogen-bond donors (Lipinski definition) is 3. The molecule has 2 unspecified atom stereocenters. The van der Waals surface area contributed by atoms with E-state index in [1.807, 2.05) is 30.3 Å². The van der Waals surface area contributed by atoms with Gasteiger partial charge in [0.05, 0.1) is 28.6 Å². The molecule has 2 aromatic carbocycles. The average molecular weight is 732 g/mol. The van der Waals surface area contributed by atoms with Crippen molar-refractivity contribution in [2.45, 2.75) is 37.8 Å². The lowest BCUT2D eigenvalue weighted by Gasteiger charge is -2.46. The second-order valence-corrected chi connectivity index (χ2v) is 16.3. The number of rotatable bonds is 7. The van der Waals surface area contributed by atoms with E-state index in [1.165, 1.54) is 19.6 Å². The zero-order valence-electron chi connectivity index (χ0n) is 30.2. The first-order valence-electron chi connectivity index (χ1n) is 19.5. The zero-order valence-corrected chi connectivity index (χ0v) is 30.2. The number of benzene rings is 2. The van der Waals surface area contributed by atoms with Crippen LogP contribution in [-0.2, 0) is 9.59 Å². The molecule has 7 aliphatic rings. The molecule has 0 radical (unpaired) electrons. The molecule has 4 amide bonds. The molecule has 4 saturated heterocycles. The number of imide groups is 2. The first-order valence-corrected chi connectivity index (χ1v) is 19.5. The summed E-state index contributed by atoms with van der Waals surface area (Å²) in [4.78, 5) is 61.7. The number of para-hydroxylation sites is 1. The Balaban J connectivity index is 0.689. The van der Waals surface area contributed by atoms with Crippen LogP contribution in [0.2, 0.25) is 0 Å². The first-order chi connectivity index (χ1) is 26.3. The molecule has 3 aromatic rings. The smallest absolute Gasteiger partial charge is 0.262 e. The highest BCUT2D eigenvalue weighted by atomic mass is 16.3. The molecule has 7 heterocycles. The Bertz CT molecular complexity index is 2040. The van der Waals surface area contributed by atoms with E-state index in [2.05, 4.69) is 46.5 Å². The van der Waals surface area contributed by atoms with Gasteiger partial charge in [-0.05, 0) is 79.3 Å². The summed E-state index contributed by atoms with van der Waals surface area (Å²) >= 11 is 0. The third-order valence-electron chi connectivity index (χ3n) is 13.2. The number of piperazine rings is 1. The van der Waals surface area contributed by atoms with Gasteiger partial charge in [-0.3, -0.25) is 34.3 Å². The van der Waals surface area contributed by atoms with Crippen molar-refractivity contribution in [1.29, 1.82) is 0 Å². The third-order valence-corrected chi connectivity index (χ3v) is 13.2. The number of phenolic OH excluding ortho intramolecular Hbond substituents is 1. The SMILES string of the molecule is O=C1CCC(N2C(=O)c3ccc(N4CCC(CN5C[C@@H]6C(CN7CCN8c9cc(-c%10ccccc%10O)nnc9NC[C@H]8C7)[C@@H]6C5)CC4)cc3C2=O)C(=O)N1. The summed E-state index contributed by atoms with van der Waals surface area (Å²) in [6.07, 6.45) is 2.44. The van der Waals surface area contributed by atoms with E-state index in [1.54, 1.807) is 12.1 Å². The van der Waals surface area contributed by atoms with Gasteiger partial charge in [-0.15, -0.1) is 10.2 Å². The van der Waals surface area contributed by atoms with Crippen molar-refractivity contribution in [3.05, 3.63) is 59.7 Å². The van der Waals surface area contributed by atoms with Crippen LogP contribution in [0.3, 0.4) is 0 Å². The van der Waals surface area contributed by atoms with Crippen molar-refractivity contribution in [3.8, 4) is 17.0 Å². The first kappa shape index (κ1) is 33.5. The second kappa shape index (κ2) is 13.0.